The Hall–Kier alpha value is -0.770. The quantitative estimate of drug-likeness (QED) is 0.746. The maximum absolute atomic E-state index is 11.8. The molecular formula is C13H27N3O. The minimum Gasteiger partial charge on any atom is -0.338 e. The average molecular weight is 241 g/mol. The lowest BCUT2D eigenvalue weighted by molar-refractivity contribution is 0.112. The van der Waals surface area contributed by atoms with Crippen molar-refractivity contribution >= 4 is 6.03 Å². The number of unbranched alkanes of at least 4 members (excludes halogenated alkanes) is 1. The van der Waals surface area contributed by atoms with E-state index in [0.29, 0.717) is 6.04 Å². The number of hydrogen-bond acceptors (Lipinski definition) is 2. The third kappa shape index (κ3) is 4.54. The summed E-state index contributed by atoms with van der Waals surface area (Å²) >= 11 is 0. The van der Waals surface area contributed by atoms with Crippen molar-refractivity contribution in [3.63, 3.8) is 0 Å². The Morgan fingerprint density at radius 2 is 1.88 bits per heavy atom. The molecule has 17 heavy (non-hydrogen) atoms. The van der Waals surface area contributed by atoms with E-state index in [1.807, 2.05) is 4.90 Å². The van der Waals surface area contributed by atoms with Crippen LogP contribution < -0.4 is 5.32 Å². The van der Waals surface area contributed by atoms with Gasteiger partial charge in [-0.2, -0.15) is 0 Å². The minimum atomic E-state index is 0.113. The maximum Gasteiger partial charge on any atom is 0.317 e. The number of carbonyl (C=O) groups excluding carboxylic acids is 1. The van der Waals surface area contributed by atoms with E-state index < -0.39 is 0 Å². The van der Waals surface area contributed by atoms with E-state index in [-0.39, 0.29) is 6.03 Å². The van der Waals surface area contributed by atoms with Crippen molar-refractivity contribution in [2.24, 2.45) is 0 Å². The second kappa shape index (κ2) is 7.54. The zero-order chi connectivity index (χ0) is 12.7. The Morgan fingerprint density at radius 3 is 2.41 bits per heavy atom. The smallest absolute Gasteiger partial charge is 0.317 e. The zero-order valence-corrected chi connectivity index (χ0v) is 11.5. The molecule has 1 saturated heterocycles. The van der Waals surface area contributed by atoms with Crippen molar-refractivity contribution in [1.82, 2.24) is 15.1 Å². The van der Waals surface area contributed by atoms with E-state index in [1.54, 1.807) is 0 Å². The number of piperazine rings is 1. The fourth-order valence-electron chi connectivity index (χ4n) is 2.11. The van der Waals surface area contributed by atoms with Crippen LogP contribution in [0.3, 0.4) is 0 Å². The molecule has 1 rings (SSSR count). The number of amides is 2. The average Bonchev–Trinajstić information content (AvgIpc) is 2.38. The van der Waals surface area contributed by atoms with Crippen LogP contribution in [0, 0.1) is 0 Å². The molecule has 0 aromatic heterocycles. The van der Waals surface area contributed by atoms with Gasteiger partial charge in [-0.25, -0.2) is 4.79 Å². The summed E-state index contributed by atoms with van der Waals surface area (Å²) in [5.74, 6) is 0. The summed E-state index contributed by atoms with van der Waals surface area (Å²) in [7, 11) is 0. The molecule has 1 aliphatic rings. The Kier molecular flexibility index (Phi) is 6.34. The minimum absolute atomic E-state index is 0.113. The second-order valence-corrected chi connectivity index (χ2v) is 4.87. The molecule has 1 aliphatic heterocycles. The number of hydrogen-bond donors (Lipinski definition) is 1. The normalized spacial score (nSPS) is 19.1. The van der Waals surface area contributed by atoms with E-state index in [2.05, 4.69) is 31.0 Å². The van der Waals surface area contributed by atoms with Crippen LogP contribution in [-0.4, -0.2) is 54.6 Å². The molecule has 2 amide bonds. The Bertz CT molecular complexity index is 225. The highest BCUT2D eigenvalue weighted by Crippen LogP contribution is 2.08. The van der Waals surface area contributed by atoms with Crippen LogP contribution in [0.25, 0.3) is 0 Å². The lowest BCUT2D eigenvalue weighted by atomic mass is 10.2. The van der Waals surface area contributed by atoms with Crippen molar-refractivity contribution in [2.45, 2.75) is 46.1 Å². The molecule has 4 heteroatoms. The molecule has 1 heterocycles. The first-order chi connectivity index (χ1) is 8.19. The van der Waals surface area contributed by atoms with Crippen LogP contribution >= 0.6 is 0 Å². The zero-order valence-electron chi connectivity index (χ0n) is 11.5. The lowest BCUT2D eigenvalue weighted by Crippen LogP contribution is -2.53. The van der Waals surface area contributed by atoms with Gasteiger partial charge in [-0.1, -0.05) is 20.3 Å². The van der Waals surface area contributed by atoms with Crippen molar-refractivity contribution in [1.29, 1.82) is 0 Å². The molecule has 0 aliphatic carbocycles. The SMILES string of the molecule is CCCCNC(=O)N1CCN(C(C)CC)CC1. The number of nitrogens with one attached hydrogen (secondary N) is 1. The van der Waals surface area contributed by atoms with Crippen LogP contribution in [0.2, 0.25) is 0 Å². The summed E-state index contributed by atoms with van der Waals surface area (Å²) in [6.07, 6.45) is 3.38. The van der Waals surface area contributed by atoms with Crippen molar-refractivity contribution in [3.05, 3.63) is 0 Å². The maximum atomic E-state index is 11.8. The fraction of sp³-hybridized carbons (Fsp3) is 0.923. The Labute approximate surface area is 105 Å². The highest BCUT2D eigenvalue weighted by atomic mass is 16.2. The molecule has 100 valence electrons. The molecule has 1 N–H and O–H groups in total. The first kappa shape index (κ1) is 14.3. The Morgan fingerprint density at radius 1 is 1.24 bits per heavy atom. The topological polar surface area (TPSA) is 35.6 Å². The van der Waals surface area contributed by atoms with E-state index in [9.17, 15) is 4.79 Å². The summed E-state index contributed by atoms with van der Waals surface area (Å²) in [6, 6.07) is 0.752. The number of nitrogens with zero attached hydrogens (tertiary/aromatic N) is 2. The summed E-state index contributed by atoms with van der Waals surface area (Å²) in [4.78, 5) is 16.2. The predicted octanol–water partition coefficient (Wildman–Crippen LogP) is 1.91. The van der Waals surface area contributed by atoms with Gasteiger partial charge in [0.25, 0.3) is 0 Å². The third-order valence-corrected chi connectivity index (χ3v) is 3.62. The van der Waals surface area contributed by atoms with Gasteiger partial charge in [-0.3, -0.25) is 4.90 Å². The van der Waals surface area contributed by atoms with Gasteiger partial charge in [-0.05, 0) is 19.8 Å². The van der Waals surface area contributed by atoms with Gasteiger partial charge in [0.05, 0.1) is 0 Å². The number of urea groups is 1. The molecule has 0 radical (unpaired) electrons. The first-order valence-electron chi connectivity index (χ1n) is 6.95. The van der Waals surface area contributed by atoms with Crippen LogP contribution in [0.5, 0.6) is 0 Å². The van der Waals surface area contributed by atoms with E-state index >= 15 is 0 Å². The molecule has 0 spiro atoms. The van der Waals surface area contributed by atoms with Crippen LogP contribution in [0.4, 0.5) is 4.79 Å². The van der Waals surface area contributed by atoms with E-state index in [0.717, 1.165) is 45.6 Å². The molecule has 0 aromatic carbocycles. The van der Waals surface area contributed by atoms with Crippen molar-refractivity contribution in [2.75, 3.05) is 32.7 Å². The van der Waals surface area contributed by atoms with Gasteiger partial charge in [-0.15, -0.1) is 0 Å². The second-order valence-electron chi connectivity index (χ2n) is 4.87. The van der Waals surface area contributed by atoms with Gasteiger partial charge in [0.1, 0.15) is 0 Å². The molecule has 1 fully saturated rings. The molecule has 1 unspecified atom stereocenters. The van der Waals surface area contributed by atoms with E-state index in [4.69, 9.17) is 0 Å². The summed E-state index contributed by atoms with van der Waals surface area (Å²) in [5, 5.41) is 2.98. The fourth-order valence-corrected chi connectivity index (χ4v) is 2.11. The van der Waals surface area contributed by atoms with Crippen molar-refractivity contribution in [3.8, 4) is 0 Å². The van der Waals surface area contributed by atoms with Gasteiger partial charge >= 0.3 is 6.03 Å². The molecule has 0 bridgehead atoms. The van der Waals surface area contributed by atoms with Crippen LogP contribution in [0.15, 0.2) is 0 Å². The summed E-state index contributed by atoms with van der Waals surface area (Å²) in [6.45, 7) is 11.2. The highest BCUT2D eigenvalue weighted by molar-refractivity contribution is 5.74. The van der Waals surface area contributed by atoms with Gasteiger partial charge < -0.3 is 10.2 Å². The van der Waals surface area contributed by atoms with Crippen LogP contribution in [-0.2, 0) is 0 Å². The molecule has 0 saturated carbocycles. The number of rotatable bonds is 5. The predicted molar refractivity (Wildman–Crippen MR) is 71.2 cm³/mol. The van der Waals surface area contributed by atoms with Crippen molar-refractivity contribution < 1.29 is 4.79 Å². The standard InChI is InChI=1S/C13H27N3O/c1-4-6-7-14-13(17)16-10-8-15(9-11-16)12(3)5-2/h12H,4-11H2,1-3H3,(H,14,17). The third-order valence-electron chi connectivity index (χ3n) is 3.62. The molecule has 4 nitrogen and oxygen atoms in total. The molecule has 0 aromatic rings. The van der Waals surface area contributed by atoms with Gasteiger partial charge in [0.2, 0.25) is 0 Å². The molecular weight excluding hydrogens is 214 g/mol. The van der Waals surface area contributed by atoms with Crippen LogP contribution in [0.1, 0.15) is 40.0 Å². The van der Waals surface area contributed by atoms with E-state index in [1.165, 1.54) is 6.42 Å². The summed E-state index contributed by atoms with van der Waals surface area (Å²) < 4.78 is 0. The monoisotopic (exact) mass is 241 g/mol. The summed E-state index contributed by atoms with van der Waals surface area (Å²) in [5.41, 5.74) is 0. The highest BCUT2D eigenvalue weighted by Gasteiger charge is 2.22. The first-order valence-corrected chi connectivity index (χ1v) is 6.95. The van der Waals surface area contributed by atoms with Gasteiger partial charge in [0.15, 0.2) is 0 Å². The largest absolute Gasteiger partial charge is 0.338 e. The van der Waals surface area contributed by atoms with Gasteiger partial charge in [0, 0.05) is 38.8 Å². The lowest BCUT2D eigenvalue weighted by Gasteiger charge is -2.37. The number of carbonyl (C=O) groups is 1. The Balaban J connectivity index is 2.24. The molecule has 1 atom stereocenters.